The Bertz CT molecular complexity index is 523. The molecule has 0 atom stereocenters. The fourth-order valence-corrected chi connectivity index (χ4v) is 1.88. The molecule has 3 heteroatoms. The lowest BCUT2D eigenvalue weighted by molar-refractivity contribution is 0.391. The Balaban J connectivity index is 2.87. The van der Waals surface area contributed by atoms with Gasteiger partial charge in [-0.15, -0.1) is 0 Å². The van der Waals surface area contributed by atoms with Crippen LogP contribution in [0.15, 0.2) is 24.5 Å². The van der Waals surface area contributed by atoms with E-state index in [2.05, 4.69) is 18.8 Å². The quantitative estimate of drug-likeness (QED) is 0.771. The number of methoxy groups -OCH3 is 1. The van der Waals surface area contributed by atoms with E-state index in [1.807, 2.05) is 0 Å². The molecule has 0 bridgehead atoms. The van der Waals surface area contributed by atoms with Gasteiger partial charge in [-0.25, -0.2) is 4.39 Å². The first-order chi connectivity index (χ1) is 7.65. The second-order valence-corrected chi connectivity index (χ2v) is 4.06. The first kappa shape index (κ1) is 10.9. The molecule has 0 aliphatic heterocycles. The standard InChI is InChI=1S/C13H14FNO/c1-8(2)10-7-15-6-9-4-5-11(14)13(16-3)12(9)10/h4-8H,1-3H3. The number of ether oxygens (including phenoxy) is 1. The zero-order valence-electron chi connectivity index (χ0n) is 9.62. The number of benzene rings is 1. The van der Waals surface area contributed by atoms with Gasteiger partial charge in [0.1, 0.15) is 0 Å². The van der Waals surface area contributed by atoms with Crippen LogP contribution in [0.25, 0.3) is 10.8 Å². The number of rotatable bonds is 2. The highest BCUT2D eigenvalue weighted by Gasteiger charge is 2.13. The number of pyridine rings is 1. The van der Waals surface area contributed by atoms with Crippen molar-refractivity contribution in [2.45, 2.75) is 19.8 Å². The lowest BCUT2D eigenvalue weighted by Gasteiger charge is -2.13. The summed E-state index contributed by atoms with van der Waals surface area (Å²) < 4.78 is 18.8. The molecule has 2 nitrogen and oxygen atoms in total. The van der Waals surface area contributed by atoms with Crippen LogP contribution in [0.1, 0.15) is 25.3 Å². The van der Waals surface area contributed by atoms with Gasteiger partial charge < -0.3 is 4.74 Å². The van der Waals surface area contributed by atoms with Crippen LogP contribution in [-0.4, -0.2) is 12.1 Å². The summed E-state index contributed by atoms with van der Waals surface area (Å²) in [5.74, 6) is 0.263. The fourth-order valence-electron chi connectivity index (χ4n) is 1.88. The molecule has 1 heterocycles. The van der Waals surface area contributed by atoms with Gasteiger partial charge in [-0.05, 0) is 23.6 Å². The molecule has 1 aromatic heterocycles. The summed E-state index contributed by atoms with van der Waals surface area (Å²) in [6.45, 7) is 4.11. The van der Waals surface area contributed by atoms with Crippen LogP contribution >= 0.6 is 0 Å². The number of hydrogen-bond donors (Lipinski definition) is 0. The minimum absolute atomic E-state index is 0.284. The lowest BCUT2D eigenvalue weighted by atomic mass is 9.98. The molecule has 2 rings (SSSR count). The van der Waals surface area contributed by atoms with Crippen molar-refractivity contribution in [3.63, 3.8) is 0 Å². The zero-order chi connectivity index (χ0) is 11.7. The Morgan fingerprint density at radius 2 is 2.00 bits per heavy atom. The van der Waals surface area contributed by atoms with Crippen molar-refractivity contribution < 1.29 is 9.13 Å². The smallest absolute Gasteiger partial charge is 0.165 e. The van der Waals surface area contributed by atoms with Crippen molar-refractivity contribution in [3.8, 4) is 5.75 Å². The maximum atomic E-state index is 13.6. The van der Waals surface area contributed by atoms with E-state index >= 15 is 0 Å². The third-order valence-electron chi connectivity index (χ3n) is 2.68. The van der Waals surface area contributed by atoms with Crippen molar-refractivity contribution in [1.29, 1.82) is 0 Å². The first-order valence-corrected chi connectivity index (χ1v) is 5.25. The molecule has 84 valence electrons. The average Bonchev–Trinajstić information content (AvgIpc) is 2.28. The normalized spacial score (nSPS) is 11.1. The summed E-state index contributed by atoms with van der Waals surface area (Å²) in [7, 11) is 1.49. The maximum Gasteiger partial charge on any atom is 0.165 e. The van der Waals surface area contributed by atoms with Gasteiger partial charge in [0.2, 0.25) is 0 Å². The van der Waals surface area contributed by atoms with E-state index in [9.17, 15) is 4.39 Å². The van der Waals surface area contributed by atoms with Gasteiger partial charge in [0.05, 0.1) is 7.11 Å². The predicted molar refractivity (Wildman–Crippen MR) is 62.3 cm³/mol. The summed E-state index contributed by atoms with van der Waals surface area (Å²) >= 11 is 0. The van der Waals surface area contributed by atoms with Crippen molar-refractivity contribution in [2.24, 2.45) is 0 Å². The Labute approximate surface area is 94.1 Å². The second-order valence-electron chi connectivity index (χ2n) is 4.06. The summed E-state index contributed by atoms with van der Waals surface area (Å²) in [5, 5.41) is 1.73. The summed E-state index contributed by atoms with van der Waals surface area (Å²) in [6.07, 6.45) is 3.50. The molecule has 0 saturated heterocycles. The van der Waals surface area contributed by atoms with Gasteiger partial charge in [0, 0.05) is 23.2 Å². The first-order valence-electron chi connectivity index (χ1n) is 5.25. The lowest BCUT2D eigenvalue weighted by Crippen LogP contribution is -1.96. The number of nitrogens with zero attached hydrogens (tertiary/aromatic N) is 1. The molecule has 2 aromatic rings. The van der Waals surface area contributed by atoms with E-state index in [1.165, 1.54) is 13.2 Å². The van der Waals surface area contributed by atoms with E-state index in [-0.39, 0.29) is 11.7 Å². The van der Waals surface area contributed by atoms with Gasteiger partial charge in [0.15, 0.2) is 11.6 Å². The summed E-state index contributed by atoms with van der Waals surface area (Å²) in [4.78, 5) is 4.16. The second kappa shape index (κ2) is 4.08. The van der Waals surface area contributed by atoms with Gasteiger partial charge >= 0.3 is 0 Å². The third kappa shape index (κ3) is 1.62. The number of aromatic nitrogens is 1. The fraction of sp³-hybridized carbons (Fsp3) is 0.308. The topological polar surface area (TPSA) is 22.1 Å². The molecule has 0 N–H and O–H groups in total. The largest absolute Gasteiger partial charge is 0.493 e. The van der Waals surface area contributed by atoms with Crippen LogP contribution in [0, 0.1) is 5.82 Å². The highest BCUT2D eigenvalue weighted by molar-refractivity contribution is 5.91. The summed E-state index contributed by atoms with van der Waals surface area (Å²) in [5.41, 5.74) is 1.01. The van der Waals surface area contributed by atoms with Crippen LogP contribution in [0.2, 0.25) is 0 Å². The van der Waals surface area contributed by atoms with E-state index in [0.717, 1.165) is 16.3 Å². The van der Waals surface area contributed by atoms with Gasteiger partial charge in [-0.3, -0.25) is 4.98 Å². The van der Waals surface area contributed by atoms with E-state index < -0.39 is 0 Å². The average molecular weight is 219 g/mol. The highest BCUT2D eigenvalue weighted by Crippen LogP contribution is 2.34. The predicted octanol–water partition coefficient (Wildman–Crippen LogP) is 3.51. The van der Waals surface area contributed by atoms with Gasteiger partial charge in [0.25, 0.3) is 0 Å². The Kier molecular flexibility index (Phi) is 2.77. The molecule has 0 aliphatic rings. The minimum atomic E-state index is -0.330. The molecular weight excluding hydrogens is 205 g/mol. The van der Waals surface area contributed by atoms with Crippen molar-refractivity contribution >= 4 is 10.8 Å². The Morgan fingerprint density at radius 3 is 2.62 bits per heavy atom. The zero-order valence-corrected chi connectivity index (χ0v) is 9.62. The molecule has 16 heavy (non-hydrogen) atoms. The molecule has 0 radical (unpaired) electrons. The van der Waals surface area contributed by atoms with E-state index in [4.69, 9.17) is 4.74 Å². The van der Waals surface area contributed by atoms with Gasteiger partial charge in [-0.2, -0.15) is 0 Å². The molecule has 1 aromatic carbocycles. The molecule has 0 fully saturated rings. The van der Waals surface area contributed by atoms with Crippen LogP contribution in [0.5, 0.6) is 5.75 Å². The van der Waals surface area contributed by atoms with Crippen LogP contribution in [0.4, 0.5) is 4.39 Å². The van der Waals surface area contributed by atoms with Crippen LogP contribution in [0.3, 0.4) is 0 Å². The highest BCUT2D eigenvalue weighted by atomic mass is 19.1. The number of hydrogen-bond acceptors (Lipinski definition) is 2. The molecular formula is C13H14FNO. The molecule has 0 amide bonds. The van der Waals surface area contributed by atoms with Crippen molar-refractivity contribution in [2.75, 3.05) is 7.11 Å². The maximum absolute atomic E-state index is 13.6. The van der Waals surface area contributed by atoms with Crippen LogP contribution in [-0.2, 0) is 0 Å². The molecule has 0 spiro atoms. The number of fused-ring (bicyclic) bond motifs is 1. The van der Waals surface area contributed by atoms with Crippen molar-refractivity contribution in [3.05, 3.63) is 35.9 Å². The monoisotopic (exact) mass is 219 g/mol. The van der Waals surface area contributed by atoms with Crippen molar-refractivity contribution in [1.82, 2.24) is 4.98 Å². The SMILES string of the molecule is COc1c(F)ccc2cncc(C(C)C)c12. The molecule has 0 unspecified atom stereocenters. The van der Waals surface area contributed by atoms with Gasteiger partial charge in [-0.1, -0.05) is 13.8 Å². The third-order valence-corrected chi connectivity index (χ3v) is 2.68. The molecule has 0 saturated carbocycles. The van der Waals surface area contributed by atoms with E-state index in [0.29, 0.717) is 5.75 Å². The Hall–Kier alpha value is -1.64. The van der Waals surface area contributed by atoms with Crippen LogP contribution < -0.4 is 4.74 Å². The number of halogens is 1. The van der Waals surface area contributed by atoms with E-state index in [1.54, 1.807) is 18.5 Å². The molecule has 0 aliphatic carbocycles. The Morgan fingerprint density at radius 1 is 1.25 bits per heavy atom. The minimum Gasteiger partial charge on any atom is -0.493 e. The summed E-state index contributed by atoms with van der Waals surface area (Å²) in [6, 6.07) is 3.14.